The molecular formula is C16H24N2O. The van der Waals surface area contributed by atoms with Crippen molar-refractivity contribution in [1.29, 1.82) is 0 Å². The largest absolute Gasteiger partial charge is 0.382 e. The summed E-state index contributed by atoms with van der Waals surface area (Å²) < 4.78 is 0. The van der Waals surface area contributed by atoms with Gasteiger partial charge in [-0.1, -0.05) is 12.8 Å². The highest BCUT2D eigenvalue weighted by molar-refractivity contribution is 5.94. The second-order valence-electron chi connectivity index (χ2n) is 5.75. The third-order valence-corrected chi connectivity index (χ3v) is 4.04. The van der Waals surface area contributed by atoms with Crippen molar-refractivity contribution in [2.75, 3.05) is 19.4 Å². The van der Waals surface area contributed by atoms with Gasteiger partial charge in [-0.15, -0.1) is 0 Å². The van der Waals surface area contributed by atoms with Crippen molar-refractivity contribution in [3.63, 3.8) is 0 Å². The molecule has 0 heterocycles. The minimum absolute atomic E-state index is 0.0513. The number of benzene rings is 1. The average Bonchev–Trinajstić information content (AvgIpc) is 2.92. The van der Waals surface area contributed by atoms with Crippen LogP contribution in [0.5, 0.6) is 0 Å². The van der Waals surface area contributed by atoms with Gasteiger partial charge in [-0.25, -0.2) is 0 Å². The van der Waals surface area contributed by atoms with Crippen LogP contribution in [0.1, 0.15) is 43.0 Å². The first-order valence-electron chi connectivity index (χ1n) is 7.16. The van der Waals surface area contributed by atoms with Gasteiger partial charge in [0, 0.05) is 31.4 Å². The van der Waals surface area contributed by atoms with Crippen LogP contribution in [0, 0.1) is 5.92 Å². The maximum absolute atomic E-state index is 11.8. The van der Waals surface area contributed by atoms with E-state index in [1.807, 2.05) is 24.3 Å². The Hall–Kier alpha value is -1.51. The van der Waals surface area contributed by atoms with Gasteiger partial charge in [0.2, 0.25) is 0 Å². The van der Waals surface area contributed by atoms with Gasteiger partial charge < -0.3 is 10.2 Å². The Kier molecular flexibility index (Phi) is 4.46. The minimum atomic E-state index is 0.0513. The Morgan fingerprint density at radius 1 is 1.21 bits per heavy atom. The second-order valence-corrected chi connectivity index (χ2v) is 5.75. The Labute approximate surface area is 116 Å². The molecule has 0 saturated heterocycles. The second kappa shape index (κ2) is 6.09. The fraction of sp³-hybridized carbons (Fsp3) is 0.562. The molecule has 1 unspecified atom stereocenters. The van der Waals surface area contributed by atoms with Crippen molar-refractivity contribution < 1.29 is 4.79 Å². The zero-order valence-corrected chi connectivity index (χ0v) is 12.1. The Bertz CT molecular complexity index is 419. The molecule has 1 amide bonds. The quantitative estimate of drug-likeness (QED) is 0.900. The molecule has 0 radical (unpaired) electrons. The zero-order valence-electron chi connectivity index (χ0n) is 12.1. The van der Waals surface area contributed by atoms with Crippen LogP contribution < -0.4 is 5.32 Å². The van der Waals surface area contributed by atoms with Crippen molar-refractivity contribution >= 4 is 11.6 Å². The van der Waals surface area contributed by atoms with Gasteiger partial charge in [-0.2, -0.15) is 0 Å². The Morgan fingerprint density at radius 3 is 2.32 bits per heavy atom. The summed E-state index contributed by atoms with van der Waals surface area (Å²) in [6.45, 7) is 2.26. The lowest BCUT2D eigenvalue weighted by molar-refractivity contribution is 0.0827. The number of rotatable bonds is 4. The molecule has 1 N–H and O–H groups in total. The van der Waals surface area contributed by atoms with Crippen LogP contribution in [0.15, 0.2) is 24.3 Å². The van der Waals surface area contributed by atoms with Gasteiger partial charge in [0.05, 0.1) is 0 Å². The molecule has 1 aromatic rings. The van der Waals surface area contributed by atoms with E-state index in [0.717, 1.165) is 17.2 Å². The monoisotopic (exact) mass is 260 g/mol. The van der Waals surface area contributed by atoms with Gasteiger partial charge >= 0.3 is 0 Å². The summed E-state index contributed by atoms with van der Waals surface area (Å²) in [5.41, 5.74) is 1.85. The maximum atomic E-state index is 11.8. The number of hydrogen-bond donors (Lipinski definition) is 1. The number of nitrogens with one attached hydrogen (secondary N) is 1. The van der Waals surface area contributed by atoms with E-state index in [-0.39, 0.29) is 5.91 Å². The molecule has 0 aliphatic heterocycles. The number of amides is 1. The van der Waals surface area contributed by atoms with Gasteiger partial charge in [-0.3, -0.25) is 4.79 Å². The van der Waals surface area contributed by atoms with Crippen LogP contribution in [0.2, 0.25) is 0 Å². The summed E-state index contributed by atoms with van der Waals surface area (Å²) in [6.07, 6.45) is 5.41. The molecule has 3 nitrogen and oxygen atoms in total. The van der Waals surface area contributed by atoms with Crippen LogP contribution in [0.25, 0.3) is 0 Å². The molecule has 3 heteroatoms. The van der Waals surface area contributed by atoms with Crippen molar-refractivity contribution in [1.82, 2.24) is 4.90 Å². The number of nitrogens with zero attached hydrogens (tertiary/aromatic N) is 1. The van der Waals surface area contributed by atoms with Crippen LogP contribution in [0.4, 0.5) is 5.69 Å². The molecule has 104 valence electrons. The summed E-state index contributed by atoms with van der Waals surface area (Å²) in [6, 6.07) is 8.31. The third kappa shape index (κ3) is 3.49. The molecule has 2 rings (SSSR count). The van der Waals surface area contributed by atoms with E-state index in [1.165, 1.54) is 25.7 Å². The summed E-state index contributed by atoms with van der Waals surface area (Å²) in [5, 5.41) is 3.55. The van der Waals surface area contributed by atoms with Crippen molar-refractivity contribution in [2.45, 2.75) is 38.6 Å². The van der Waals surface area contributed by atoms with Gasteiger partial charge in [0.25, 0.3) is 5.91 Å². The standard InChI is InChI=1S/C16H24N2O/c1-12(13-6-4-5-7-13)17-15-10-8-14(9-11-15)16(19)18(2)3/h8-13,17H,4-7H2,1-3H3. The van der Waals surface area contributed by atoms with E-state index in [4.69, 9.17) is 0 Å². The summed E-state index contributed by atoms with van der Waals surface area (Å²) in [5.74, 6) is 0.846. The van der Waals surface area contributed by atoms with E-state index >= 15 is 0 Å². The lowest BCUT2D eigenvalue weighted by atomic mass is 9.99. The maximum Gasteiger partial charge on any atom is 0.253 e. The van der Waals surface area contributed by atoms with E-state index in [2.05, 4.69) is 12.2 Å². The lowest BCUT2D eigenvalue weighted by Gasteiger charge is -2.21. The van der Waals surface area contributed by atoms with Crippen LogP contribution >= 0.6 is 0 Å². The molecular weight excluding hydrogens is 236 g/mol. The van der Waals surface area contributed by atoms with Crippen LogP contribution in [-0.2, 0) is 0 Å². The first kappa shape index (κ1) is 13.9. The SMILES string of the molecule is CC(Nc1ccc(C(=O)N(C)C)cc1)C1CCCC1. The molecule has 19 heavy (non-hydrogen) atoms. The molecule has 1 aromatic carbocycles. The molecule has 1 fully saturated rings. The number of carbonyl (C=O) groups is 1. The normalized spacial score (nSPS) is 17.2. The topological polar surface area (TPSA) is 32.3 Å². The van der Waals surface area contributed by atoms with Gasteiger partial charge in [0.15, 0.2) is 0 Å². The highest BCUT2D eigenvalue weighted by Gasteiger charge is 2.21. The molecule has 0 spiro atoms. The number of hydrogen-bond acceptors (Lipinski definition) is 2. The summed E-state index contributed by atoms with van der Waals surface area (Å²) >= 11 is 0. The predicted octanol–water partition coefficient (Wildman–Crippen LogP) is 3.38. The van der Waals surface area contributed by atoms with Crippen LogP contribution in [-0.4, -0.2) is 30.9 Å². The van der Waals surface area contributed by atoms with Crippen molar-refractivity contribution in [3.8, 4) is 0 Å². The van der Waals surface area contributed by atoms with Gasteiger partial charge in [0.1, 0.15) is 0 Å². The average molecular weight is 260 g/mol. The van der Waals surface area contributed by atoms with Crippen LogP contribution in [0.3, 0.4) is 0 Å². The van der Waals surface area contributed by atoms with Crippen molar-refractivity contribution in [3.05, 3.63) is 29.8 Å². The summed E-state index contributed by atoms with van der Waals surface area (Å²) in [4.78, 5) is 13.4. The predicted molar refractivity (Wildman–Crippen MR) is 79.5 cm³/mol. The Morgan fingerprint density at radius 2 is 1.79 bits per heavy atom. The first-order chi connectivity index (χ1) is 9.08. The molecule has 1 saturated carbocycles. The minimum Gasteiger partial charge on any atom is -0.382 e. The van der Waals surface area contributed by atoms with Crippen molar-refractivity contribution in [2.24, 2.45) is 5.92 Å². The van der Waals surface area contributed by atoms with E-state index < -0.39 is 0 Å². The van der Waals surface area contributed by atoms with E-state index in [9.17, 15) is 4.79 Å². The molecule has 1 aliphatic rings. The highest BCUT2D eigenvalue weighted by atomic mass is 16.2. The molecule has 0 aromatic heterocycles. The fourth-order valence-electron chi connectivity index (χ4n) is 2.81. The first-order valence-corrected chi connectivity index (χ1v) is 7.16. The fourth-order valence-corrected chi connectivity index (χ4v) is 2.81. The Balaban J connectivity index is 1.96. The van der Waals surface area contributed by atoms with Gasteiger partial charge in [-0.05, 0) is 49.9 Å². The summed E-state index contributed by atoms with van der Waals surface area (Å²) in [7, 11) is 3.55. The lowest BCUT2D eigenvalue weighted by Crippen LogP contribution is -2.24. The third-order valence-electron chi connectivity index (χ3n) is 4.04. The molecule has 1 aliphatic carbocycles. The molecule has 0 bridgehead atoms. The smallest absolute Gasteiger partial charge is 0.253 e. The number of carbonyl (C=O) groups excluding carboxylic acids is 1. The van der Waals surface area contributed by atoms with E-state index in [0.29, 0.717) is 6.04 Å². The number of anilines is 1. The highest BCUT2D eigenvalue weighted by Crippen LogP contribution is 2.29. The van der Waals surface area contributed by atoms with E-state index in [1.54, 1.807) is 19.0 Å². The zero-order chi connectivity index (χ0) is 13.8. The molecule has 1 atom stereocenters.